The fourth-order valence-corrected chi connectivity index (χ4v) is 2.67. The molecule has 1 aliphatic rings. The van der Waals surface area contributed by atoms with Crippen LogP contribution in [0.5, 0.6) is 0 Å². The van der Waals surface area contributed by atoms with Gasteiger partial charge in [-0.3, -0.25) is 0 Å². The zero-order chi connectivity index (χ0) is 17.6. The van der Waals surface area contributed by atoms with Gasteiger partial charge in [-0.1, -0.05) is 32.0 Å². The fraction of sp³-hybridized carbons (Fsp3) is 0.500. The Balaban J connectivity index is 1.60. The van der Waals surface area contributed by atoms with Crippen LogP contribution in [0.1, 0.15) is 20.3 Å². The lowest BCUT2D eigenvalue weighted by atomic mass is 10.2. The average molecular weight is 344 g/mol. The lowest BCUT2D eigenvalue weighted by molar-refractivity contribution is 0.0943. The molecule has 7 nitrogen and oxygen atoms in total. The van der Waals surface area contributed by atoms with Gasteiger partial charge in [0.05, 0.1) is 6.61 Å². The Labute approximate surface area is 147 Å². The van der Waals surface area contributed by atoms with Crippen molar-refractivity contribution in [3.05, 3.63) is 30.3 Å². The molecule has 1 saturated heterocycles. The summed E-state index contributed by atoms with van der Waals surface area (Å²) in [4.78, 5) is 20.4. The van der Waals surface area contributed by atoms with Crippen molar-refractivity contribution < 1.29 is 14.1 Å². The second kappa shape index (κ2) is 8.00. The van der Waals surface area contributed by atoms with E-state index in [1.165, 1.54) is 0 Å². The molecule has 3 rings (SSSR count). The largest absolute Gasteiger partial charge is 0.449 e. The van der Waals surface area contributed by atoms with Crippen LogP contribution in [0, 0.1) is 5.92 Å². The summed E-state index contributed by atoms with van der Waals surface area (Å²) in [5.41, 5.74) is 0.898. The molecule has 0 aliphatic carbocycles. The molecule has 2 aromatic rings. The average Bonchev–Trinajstić information content (AvgIpc) is 2.98. The summed E-state index contributed by atoms with van der Waals surface area (Å²) in [6, 6.07) is 9.69. The third kappa shape index (κ3) is 4.49. The Morgan fingerprint density at radius 1 is 1.20 bits per heavy atom. The fourth-order valence-electron chi connectivity index (χ4n) is 2.67. The number of ether oxygens (including phenoxy) is 1. The number of hydrogen-bond acceptors (Lipinski definition) is 6. The predicted molar refractivity (Wildman–Crippen MR) is 94.3 cm³/mol. The minimum Gasteiger partial charge on any atom is -0.449 e. The summed E-state index contributed by atoms with van der Waals surface area (Å²) in [6.45, 7) is 7.20. The van der Waals surface area contributed by atoms with E-state index in [0.29, 0.717) is 44.0 Å². The zero-order valence-electron chi connectivity index (χ0n) is 14.7. The van der Waals surface area contributed by atoms with Gasteiger partial charge in [0.2, 0.25) is 0 Å². The van der Waals surface area contributed by atoms with Gasteiger partial charge >= 0.3 is 6.09 Å². The van der Waals surface area contributed by atoms with Crippen LogP contribution in [0.4, 0.5) is 10.7 Å². The minimum atomic E-state index is -0.242. The number of anilines is 1. The number of carbonyl (C=O) groups is 1. The summed E-state index contributed by atoms with van der Waals surface area (Å²) >= 11 is 0. The minimum absolute atomic E-state index is 0.242. The molecular weight excluding hydrogens is 320 g/mol. The van der Waals surface area contributed by atoms with Crippen molar-refractivity contribution in [1.29, 1.82) is 0 Å². The molecule has 1 fully saturated rings. The van der Waals surface area contributed by atoms with Gasteiger partial charge in [0.25, 0.3) is 11.8 Å². The van der Waals surface area contributed by atoms with Crippen LogP contribution in [-0.2, 0) is 4.74 Å². The highest BCUT2D eigenvalue weighted by molar-refractivity contribution is 5.67. The Bertz CT molecular complexity index is 687. The number of hydrogen-bond donors (Lipinski definition) is 0. The van der Waals surface area contributed by atoms with Crippen molar-refractivity contribution >= 4 is 12.0 Å². The van der Waals surface area contributed by atoms with E-state index in [-0.39, 0.29) is 6.09 Å². The second-order valence-corrected chi connectivity index (χ2v) is 6.56. The van der Waals surface area contributed by atoms with Gasteiger partial charge in [-0.15, -0.1) is 0 Å². The first-order chi connectivity index (χ1) is 12.1. The number of rotatable bonds is 4. The standard InChI is InChI=1S/C18H24N4O3/c1-14(2)13-24-18(23)22-10-6-9-21(11-12-22)17-19-16(25-20-17)15-7-4-3-5-8-15/h3-5,7-8,14H,6,9-13H2,1-2H3. The van der Waals surface area contributed by atoms with E-state index < -0.39 is 0 Å². The Morgan fingerprint density at radius 2 is 2.00 bits per heavy atom. The maximum Gasteiger partial charge on any atom is 0.409 e. The summed E-state index contributed by atoms with van der Waals surface area (Å²) < 4.78 is 10.7. The van der Waals surface area contributed by atoms with Crippen LogP contribution in [-0.4, -0.2) is 53.9 Å². The highest BCUT2D eigenvalue weighted by Gasteiger charge is 2.23. The maximum atomic E-state index is 12.1. The van der Waals surface area contributed by atoms with Gasteiger partial charge in [-0.2, -0.15) is 4.98 Å². The Hall–Kier alpha value is -2.57. The smallest absolute Gasteiger partial charge is 0.409 e. The summed E-state index contributed by atoms with van der Waals surface area (Å²) in [7, 11) is 0. The third-order valence-electron chi connectivity index (χ3n) is 4.01. The van der Waals surface area contributed by atoms with Crippen molar-refractivity contribution in [2.75, 3.05) is 37.7 Å². The summed E-state index contributed by atoms with van der Waals surface area (Å²) in [5, 5.41) is 4.09. The first kappa shape index (κ1) is 17.3. The summed E-state index contributed by atoms with van der Waals surface area (Å²) in [6.07, 6.45) is 0.597. The van der Waals surface area contributed by atoms with E-state index in [0.717, 1.165) is 18.5 Å². The van der Waals surface area contributed by atoms with Crippen LogP contribution in [0.3, 0.4) is 0 Å². The zero-order valence-corrected chi connectivity index (χ0v) is 14.7. The van der Waals surface area contributed by atoms with Gasteiger partial charge in [0.15, 0.2) is 0 Å². The van der Waals surface area contributed by atoms with Gasteiger partial charge in [-0.05, 0) is 29.6 Å². The highest BCUT2D eigenvalue weighted by atomic mass is 16.6. The number of nitrogens with zero attached hydrogens (tertiary/aromatic N) is 4. The Kier molecular flexibility index (Phi) is 5.53. The van der Waals surface area contributed by atoms with Crippen molar-refractivity contribution in [3.63, 3.8) is 0 Å². The van der Waals surface area contributed by atoms with E-state index in [2.05, 4.69) is 10.1 Å². The lowest BCUT2D eigenvalue weighted by Gasteiger charge is -2.21. The number of aromatic nitrogens is 2. The van der Waals surface area contributed by atoms with Gasteiger partial charge in [-0.25, -0.2) is 4.79 Å². The molecular formula is C18H24N4O3. The lowest BCUT2D eigenvalue weighted by Crippen LogP contribution is -2.36. The maximum absolute atomic E-state index is 12.1. The molecule has 1 aromatic carbocycles. The van der Waals surface area contributed by atoms with Crippen molar-refractivity contribution in [2.24, 2.45) is 5.92 Å². The Morgan fingerprint density at radius 3 is 2.76 bits per heavy atom. The van der Waals surface area contributed by atoms with Crippen molar-refractivity contribution in [2.45, 2.75) is 20.3 Å². The van der Waals surface area contributed by atoms with Crippen LogP contribution in [0.2, 0.25) is 0 Å². The molecule has 0 N–H and O–H groups in total. The van der Waals surface area contributed by atoms with Gasteiger partial charge < -0.3 is 19.1 Å². The number of amides is 1. The van der Waals surface area contributed by atoms with Crippen LogP contribution >= 0.6 is 0 Å². The number of benzene rings is 1. The van der Waals surface area contributed by atoms with Gasteiger partial charge in [0.1, 0.15) is 0 Å². The van der Waals surface area contributed by atoms with Crippen LogP contribution in [0.15, 0.2) is 34.9 Å². The summed E-state index contributed by atoms with van der Waals surface area (Å²) in [5.74, 6) is 1.41. The predicted octanol–water partition coefficient (Wildman–Crippen LogP) is 3.04. The van der Waals surface area contributed by atoms with Gasteiger partial charge in [0, 0.05) is 31.7 Å². The molecule has 2 heterocycles. The second-order valence-electron chi connectivity index (χ2n) is 6.56. The SMILES string of the molecule is CC(C)COC(=O)N1CCCN(c2noc(-c3ccccc3)n2)CC1. The highest BCUT2D eigenvalue weighted by Crippen LogP contribution is 2.20. The van der Waals surface area contributed by atoms with E-state index in [1.54, 1.807) is 4.90 Å². The molecule has 0 bridgehead atoms. The molecule has 134 valence electrons. The third-order valence-corrected chi connectivity index (χ3v) is 4.01. The first-order valence-electron chi connectivity index (χ1n) is 8.69. The van der Waals surface area contributed by atoms with Crippen molar-refractivity contribution in [1.82, 2.24) is 15.0 Å². The molecule has 0 saturated carbocycles. The molecule has 7 heteroatoms. The van der Waals surface area contributed by atoms with Crippen LogP contribution in [0.25, 0.3) is 11.5 Å². The molecule has 0 radical (unpaired) electrons. The number of carbonyl (C=O) groups excluding carboxylic acids is 1. The first-order valence-corrected chi connectivity index (χ1v) is 8.69. The molecule has 0 atom stereocenters. The monoisotopic (exact) mass is 344 g/mol. The quantitative estimate of drug-likeness (QED) is 0.849. The molecule has 1 amide bonds. The van der Waals surface area contributed by atoms with E-state index in [9.17, 15) is 4.79 Å². The molecule has 0 unspecified atom stereocenters. The van der Waals surface area contributed by atoms with E-state index >= 15 is 0 Å². The van der Waals surface area contributed by atoms with Crippen LogP contribution < -0.4 is 4.90 Å². The van der Waals surface area contributed by atoms with Crippen molar-refractivity contribution in [3.8, 4) is 11.5 Å². The molecule has 1 aliphatic heterocycles. The normalized spacial score (nSPS) is 15.3. The van der Waals surface area contributed by atoms with E-state index in [1.807, 2.05) is 49.1 Å². The molecule has 1 aromatic heterocycles. The van der Waals surface area contributed by atoms with E-state index in [4.69, 9.17) is 9.26 Å². The molecule has 25 heavy (non-hydrogen) atoms. The topological polar surface area (TPSA) is 71.7 Å². The molecule has 0 spiro atoms.